The molecular formula is C31H20ClN3O5S. The molecule has 0 atom stereocenters. The number of fused-ring (bicyclic) bond motifs is 3. The van der Waals surface area contributed by atoms with E-state index in [1.54, 1.807) is 72.8 Å². The Hall–Kier alpha value is -4.73. The van der Waals surface area contributed by atoms with E-state index in [1.807, 2.05) is 0 Å². The van der Waals surface area contributed by atoms with Gasteiger partial charge in [0, 0.05) is 28.3 Å². The van der Waals surface area contributed by atoms with E-state index in [-0.39, 0.29) is 44.7 Å². The van der Waals surface area contributed by atoms with E-state index in [0.717, 1.165) is 11.8 Å². The number of carbonyl (C=O) groups is 3. The lowest BCUT2D eigenvalue weighted by Gasteiger charge is -2.19. The number of benzene rings is 4. The first-order valence-electron chi connectivity index (χ1n) is 12.5. The van der Waals surface area contributed by atoms with Gasteiger partial charge in [-0.05, 0) is 36.4 Å². The van der Waals surface area contributed by atoms with Crippen LogP contribution in [0.25, 0.3) is 16.6 Å². The summed E-state index contributed by atoms with van der Waals surface area (Å²) in [5.41, 5.74) is 1.94. The molecule has 0 bridgehead atoms. The normalized spacial score (nSPS) is 12.1. The molecule has 0 aliphatic heterocycles. The maximum absolute atomic E-state index is 13.5. The number of carbonyl (C=O) groups excluding carboxylic acids is 3. The van der Waals surface area contributed by atoms with Crippen LogP contribution in [0.2, 0.25) is 5.02 Å². The molecule has 8 nitrogen and oxygen atoms in total. The molecule has 5 aromatic rings. The number of ether oxygens (including phenoxy) is 1. The van der Waals surface area contributed by atoms with Crippen molar-refractivity contribution < 1.29 is 19.1 Å². The standard InChI is InChI=1S/C31H20ClN3O5S/c1-40-18-8-6-7-17(13-18)35-30(39)21-11-4-5-12-25(21)34-31(35)41-16-27(36)33-26-15-23-22(14-24(26)32)28(37)19-9-2-3-10-20(19)29(23)38/h2-15H,16H2,1H3,(H,33,36). The summed E-state index contributed by atoms with van der Waals surface area (Å²) in [5, 5.41) is 3.60. The first kappa shape index (κ1) is 26.5. The Morgan fingerprint density at radius 1 is 0.878 bits per heavy atom. The van der Waals surface area contributed by atoms with Crippen LogP contribution >= 0.6 is 23.4 Å². The van der Waals surface area contributed by atoms with Gasteiger partial charge in [0.2, 0.25) is 5.91 Å². The van der Waals surface area contributed by atoms with E-state index in [2.05, 4.69) is 10.3 Å². The highest BCUT2D eigenvalue weighted by atomic mass is 35.5. The van der Waals surface area contributed by atoms with Crippen LogP contribution in [0, 0.1) is 0 Å². The molecular weight excluding hydrogens is 562 g/mol. The summed E-state index contributed by atoms with van der Waals surface area (Å²) in [7, 11) is 1.54. The van der Waals surface area contributed by atoms with E-state index in [0.29, 0.717) is 38.6 Å². The maximum Gasteiger partial charge on any atom is 0.266 e. The minimum Gasteiger partial charge on any atom is -0.497 e. The van der Waals surface area contributed by atoms with Crippen molar-refractivity contribution in [1.29, 1.82) is 0 Å². The third kappa shape index (κ3) is 4.79. The van der Waals surface area contributed by atoms with Crippen LogP contribution in [0.5, 0.6) is 5.75 Å². The average Bonchev–Trinajstić information content (AvgIpc) is 2.99. The summed E-state index contributed by atoms with van der Waals surface area (Å²) in [6.07, 6.45) is 0. The van der Waals surface area contributed by atoms with E-state index < -0.39 is 5.91 Å². The highest BCUT2D eigenvalue weighted by Gasteiger charge is 2.30. The summed E-state index contributed by atoms with van der Waals surface area (Å²) < 4.78 is 6.77. The Morgan fingerprint density at radius 3 is 2.29 bits per heavy atom. The molecule has 0 unspecified atom stereocenters. The summed E-state index contributed by atoms with van der Waals surface area (Å²) in [4.78, 5) is 57.3. The lowest BCUT2D eigenvalue weighted by atomic mass is 9.84. The Labute approximate surface area is 242 Å². The molecule has 0 saturated carbocycles. The van der Waals surface area contributed by atoms with Gasteiger partial charge < -0.3 is 10.1 Å². The summed E-state index contributed by atoms with van der Waals surface area (Å²) in [6.45, 7) is 0. The van der Waals surface area contributed by atoms with Crippen molar-refractivity contribution in [2.24, 2.45) is 0 Å². The number of methoxy groups -OCH3 is 1. The maximum atomic E-state index is 13.5. The SMILES string of the molecule is COc1cccc(-n2c(SCC(=O)Nc3cc4c(cc3Cl)C(=O)c3ccccc3C4=O)nc3ccccc3c2=O)c1. The van der Waals surface area contributed by atoms with Crippen molar-refractivity contribution >= 4 is 57.4 Å². The number of nitrogens with one attached hydrogen (secondary N) is 1. The molecule has 0 radical (unpaired) electrons. The molecule has 1 aliphatic rings. The minimum absolute atomic E-state index is 0.113. The van der Waals surface area contributed by atoms with E-state index in [4.69, 9.17) is 16.3 Å². The Kier molecular flexibility index (Phi) is 6.90. The number of rotatable bonds is 6. The lowest BCUT2D eigenvalue weighted by Crippen LogP contribution is -2.23. The molecule has 1 aromatic heterocycles. The fraction of sp³-hybridized carbons (Fsp3) is 0.0645. The summed E-state index contributed by atoms with van der Waals surface area (Å²) in [6, 6.07) is 23.4. The zero-order valence-electron chi connectivity index (χ0n) is 21.5. The molecule has 1 aliphatic carbocycles. The predicted molar refractivity (Wildman–Crippen MR) is 158 cm³/mol. The van der Waals surface area contributed by atoms with Gasteiger partial charge in [0.15, 0.2) is 16.7 Å². The van der Waals surface area contributed by atoms with Crippen molar-refractivity contribution in [2.45, 2.75) is 5.16 Å². The van der Waals surface area contributed by atoms with Crippen LogP contribution in [0.3, 0.4) is 0 Å². The number of ketones is 2. The zero-order chi connectivity index (χ0) is 28.7. The van der Waals surface area contributed by atoms with Crippen LogP contribution in [0.4, 0.5) is 5.69 Å². The highest BCUT2D eigenvalue weighted by molar-refractivity contribution is 7.99. The number of anilines is 1. The van der Waals surface area contributed by atoms with Crippen LogP contribution in [-0.4, -0.2) is 39.9 Å². The largest absolute Gasteiger partial charge is 0.497 e. The van der Waals surface area contributed by atoms with Crippen molar-refractivity contribution in [3.63, 3.8) is 0 Å². The van der Waals surface area contributed by atoms with Gasteiger partial charge in [-0.15, -0.1) is 0 Å². The lowest BCUT2D eigenvalue weighted by molar-refractivity contribution is -0.113. The van der Waals surface area contributed by atoms with Gasteiger partial charge in [0.05, 0.1) is 40.2 Å². The molecule has 4 aromatic carbocycles. The molecule has 1 N–H and O–H groups in total. The van der Waals surface area contributed by atoms with Gasteiger partial charge in [-0.25, -0.2) is 4.98 Å². The Morgan fingerprint density at radius 2 is 1.56 bits per heavy atom. The Balaban J connectivity index is 1.29. The topological polar surface area (TPSA) is 107 Å². The van der Waals surface area contributed by atoms with E-state index in [9.17, 15) is 19.2 Å². The van der Waals surface area contributed by atoms with Gasteiger partial charge in [0.25, 0.3) is 5.56 Å². The monoisotopic (exact) mass is 581 g/mol. The first-order valence-corrected chi connectivity index (χ1v) is 13.8. The van der Waals surface area contributed by atoms with Crippen LogP contribution in [0.15, 0.2) is 94.9 Å². The van der Waals surface area contributed by atoms with Gasteiger partial charge in [-0.2, -0.15) is 0 Å². The van der Waals surface area contributed by atoms with Gasteiger partial charge >= 0.3 is 0 Å². The minimum atomic E-state index is -0.438. The summed E-state index contributed by atoms with van der Waals surface area (Å²) >= 11 is 7.50. The molecule has 41 heavy (non-hydrogen) atoms. The summed E-state index contributed by atoms with van der Waals surface area (Å²) in [5.74, 6) is -0.610. The van der Waals surface area contributed by atoms with E-state index >= 15 is 0 Å². The molecule has 1 heterocycles. The third-order valence-corrected chi connectivity index (χ3v) is 7.93. The number of hydrogen-bond donors (Lipinski definition) is 1. The number of amides is 1. The van der Waals surface area contributed by atoms with Gasteiger partial charge in [-0.1, -0.05) is 65.8 Å². The second-order valence-corrected chi connectivity index (χ2v) is 10.5. The Bertz CT molecular complexity index is 1970. The molecule has 0 fully saturated rings. The molecule has 202 valence electrons. The zero-order valence-corrected chi connectivity index (χ0v) is 23.1. The number of halogens is 1. The molecule has 1 amide bonds. The van der Waals surface area contributed by atoms with Crippen LogP contribution in [0.1, 0.15) is 31.8 Å². The average molecular weight is 582 g/mol. The second-order valence-electron chi connectivity index (χ2n) is 9.17. The van der Waals surface area contributed by atoms with Crippen LogP contribution < -0.4 is 15.6 Å². The molecule has 0 spiro atoms. The van der Waals surface area contributed by atoms with Gasteiger partial charge in [-0.3, -0.25) is 23.7 Å². The van der Waals surface area contributed by atoms with Crippen molar-refractivity contribution in [3.05, 3.63) is 123 Å². The number of aromatic nitrogens is 2. The molecule has 6 rings (SSSR count). The smallest absolute Gasteiger partial charge is 0.266 e. The third-order valence-electron chi connectivity index (χ3n) is 6.68. The van der Waals surface area contributed by atoms with Crippen molar-refractivity contribution in [2.75, 3.05) is 18.2 Å². The number of hydrogen-bond acceptors (Lipinski definition) is 7. The fourth-order valence-corrected chi connectivity index (χ4v) is 5.74. The second kappa shape index (κ2) is 10.7. The van der Waals surface area contributed by atoms with Crippen LogP contribution in [-0.2, 0) is 4.79 Å². The highest BCUT2D eigenvalue weighted by Crippen LogP contribution is 2.34. The quantitative estimate of drug-likeness (QED) is 0.203. The first-order chi connectivity index (χ1) is 19.9. The number of nitrogens with zero attached hydrogens (tertiary/aromatic N) is 2. The predicted octanol–water partition coefficient (Wildman–Crippen LogP) is 5.55. The fourth-order valence-electron chi connectivity index (χ4n) is 4.72. The van der Waals surface area contributed by atoms with E-state index in [1.165, 1.54) is 23.8 Å². The molecule has 0 saturated heterocycles. The van der Waals surface area contributed by atoms with Crippen molar-refractivity contribution in [3.8, 4) is 11.4 Å². The van der Waals surface area contributed by atoms with Gasteiger partial charge in [0.1, 0.15) is 5.75 Å². The van der Waals surface area contributed by atoms with Crippen molar-refractivity contribution in [1.82, 2.24) is 9.55 Å². The molecule has 10 heteroatoms. The number of para-hydroxylation sites is 1. The number of thioether (sulfide) groups is 1.